The second-order valence-corrected chi connectivity index (χ2v) is 10.1. The third kappa shape index (κ3) is 6.82. The molecule has 2 heterocycles. The second-order valence-electron chi connectivity index (χ2n) is 9.08. The summed E-state index contributed by atoms with van der Waals surface area (Å²) in [4.78, 5) is 16.9. The van der Waals surface area contributed by atoms with Crippen molar-refractivity contribution in [1.29, 1.82) is 0 Å². The van der Waals surface area contributed by atoms with Gasteiger partial charge in [0.2, 0.25) is 11.1 Å². The number of aryl methyl sites for hydroxylation is 1. The molecule has 1 N–H and O–H groups in total. The maximum Gasteiger partial charge on any atom is 0.219 e. The van der Waals surface area contributed by atoms with Crippen LogP contribution in [0.1, 0.15) is 63.0 Å². The Hall–Kier alpha value is -2.93. The van der Waals surface area contributed by atoms with Crippen LogP contribution in [0, 0.1) is 6.92 Å². The lowest BCUT2D eigenvalue weighted by Crippen LogP contribution is -2.23. The lowest BCUT2D eigenvalue weighted by atomic mass is 10.1. The first kappa shape index (κ1) is 25.2. The van der Waals surface area contributed by atoms with Crippen molar-refractivity contribution >= 4 is 39.7 Å². The van der Waals surface area contributed by atoms with Gasteiger partial charge < -0.3 is 9.88 Å². The first-order valence-electron chi connectivity index (χ1n) is 12.7. The first-order valence-corrected chi connectivity index (χ1v) is 13.7. The predicted molar refractivity (Wildman–Crippen MR) is 145 cm³/mol. The van der Waals surface area contributed by atoms with Gasteiger partial charge in [-0.05, 0) is 37.8 Å². The van der Waals surface area contributed by atoms with E-state index >= 15 is 0 Å². The maximum atomic E-state index is 12.0. The summed E-state index contributed by atoms with van der Waals surface area (Å²) in [6.45, 7) is 5.84. The Bertz CT molecular complexity index is 1270. The van der Waals surface area contributed by atoms with Crippen LogP contribution in [0.15, 0.2) is 53.7 Å². The highest BCUT2D eigenvalue weighted by molar-refractivity contribution is 7.99. The molecule has 7 heteroatoms. The molecule has 0 saturated carbocycles. The van der Waals surface area contributed by atoms with Gasteiger partial charge in [0, 0.05) is 30.6 Å². The summed E-state index contributed by atoms with van der Waals surface area (Å²) in [5, 5.41) is 13.7. The van der Waals surface area contributed by atoms with Crippen LogP contribution < -0.4 is 5.32 Å². The third-order valence-corrected chi connectivity index (χ3v) is 7.08. The van der Waals surface area contributed by atoms with Crippen LogP contribution in [-0.4, -0.2) is 38.0 Å². The summed E-state index contributed by atoms with van der Waals surface area (Å²) in [5.74, 6) is 1.03. The predicted octanol–water partition coefficient (Wildman–Crippen LogP) is 6.30. The van der Waals surface area contributed by atoms with Gasteiger partial charge in [0.25, 0.3) is 0 Å². The molecular weight excluding hydrogens is 454 g/mol. The summed E-state index contributed by atoms with van der Waals surface area (Å²) in [5.41, 5.74) is 5.32. The highest BCUT2D eigenvalue weighted by Gasteiger charge is 2.15. The largest absolute Gasteiger partial charge is 0.356 e. The molecule has 1 amide bonds. The fourth-order valence-electron chi connectivity index (χ4n) is 4.32. The van der Waals surface area contributed by atoms with Crippen LogP contribution in [-0.2, 0) is 11.3 Å². The molecule has 0 aliphatic carbocycles. The fourth-order valence-corrected chi connectivity index (χ4v) is 5.10. The van der Waals surface area contributed by atoms with Crippen molar-refractivity contribution < 1.29 is 4.79 Å². The maximum absolute atomic E-state index is 12.0. The van der Waals surface area contributed by atoms with Gasteiger partial charge in [-0.25, -0.2) is 4.98 Å². The van der Waals surface area contributed by atoms with Crippen molar-refractivity contribution in [1.82, 2.24) is 25.1 Å². The Morgan fingerprint density at radius 1 is 1.00 bits per heavy atom. The number of benzene rings is 2. The number of amides is 1. The van der Waals surface area contributed by atoms with Crippen molar-refractivity contribution in [2.75, 3.05) is 12.3 Å². The monoisotopic (exact) mass is 489 g/mol. The Kier molecular flexibility index (Phi) is 9.12. The van der Waals surface area contributed by atoms with E-state index in [1.165, 1.54) is 30.4 Å². The van der Waals surface area contributed by atoms with Crippen LogP contribution >= 0.6 is 11.8 Å². The molecule has 2 aromatic heterocycles. The minimum Gasteiger partial charge on any atom is -0.356 e. The summed E-state index contributed by atoms with van der Waals surface area (Å²) in [6.07, 6.45) is 7.11. The number of nitrogens with zero attached hydrogens (tertiary/aromatic N) is 4. The van der Waals surface area contributed by atoms with E-state index in [0.717, 1.165) is 60.2 Å². The van der Waals surface area contributed by atoms with E-state index in [2.05, 4.69) is 76.4 Å². The first-order chi connectivity index (χ1) is 17.2. The van der Waals surface area contributed by atoms with E-state index in [4.69, 9.17) is 4.98 Å². The van der Waals surface area contributed by atoms with E-state index in [-0.39, 0.29) is 5.91 Å². The number of nitrogens with one attached hydrogen (secondary N) is 1. The van der Waals surface area contributed by atoms with Crippen molar-refractivity contribution in [3.05, 3.63) is 59.7 Å². The molecule has 0 aliphatic heterocycles. The van der Waals surface area contributed by atoms with E-state index < -0.39 is 0 Å². The average Bonchev–Trinajstić information content (AvgIpc) is 3.17. The van der Waals surface area contributed by atoms with E-state index in [9.17, 15) is 4.79 Å². The fraction of sp³-hybridized carbons (Fsp3) is 0.429. The Morgan fingerprint density at radius 2 is 1.89 bits per heavy atom. The van der Waals surface area contributed by atoms with Gasteiger partial charge in [0.15, 0.2) is 5.65 Å². The van der Waals surface area contributed by atoms with E-state index in [1.54, 1.807) is 11.8 Å². The smallest absolute Gasteiger partial charge is 0.219 e. The standard InChI is InChI=1S/C28H35N5OS/c1-3-4-5-9-17-29-25(34)16-8-10-18-35-28-30-27-26(31-32-28)23-14-6-7-15-24(23)33(27)20-22-13-11-12-21(2)19-22/h6-7,11-15,19H,3-5,8-10,16-18,20H2,1-2H3,(H,29,34). The molecule has 184 valence electrons. The Labute approximate surface area is 211 Å². The lowest BCUT2D eigenvalue weighted by Gasteiger charge is -2.08. The molecule has 0 spiro atoms. The highest BCUT2D eigenvalue weighted by atomic mass is 32.2. The van der Waals surface area contributed by atoms with Gasteiger partial charge >= 0.3 is 0 Å². The number of aromatic nitrogens is 4. The third-order valence-electron chi connectivity index (χ3n) is 6.16. The number of carbonyl (C=O) groups is 1. The van der Waals surface area contributed by atoms with Gasteiger partial charge in [0.1, 0.15) is 5.52 Å². The van der Waals surface area contributed by atoms with Crippen molar-refractivity contribution in [3.63, 3.8) is 0 Å². The molecule has 0 bridgehead atoms. The molecule has 2 aromatic carbocycles. The van der Waals surface area contributed by atoms with Gasteiger partial charge in [-0.3, -0.25) is 4.79 Å². The molecule has 4 rings (SSSR count). The van der Waals surface area contributed by atoms with Crippen LogP contribution in [0.3, 0.4) is 0 Å². The zero-order valence-corrected chi connectivity index (χ0v) is 21.6. The van der Waals surface area contributed by atoms with Crippen LogP contribution in [0.4, 0.5) is 0 Å². The molecule has 0 fully saturated rings. The zero-order chi connectivity index (χ0) is 24.5. The van der Waals surface area contributed by atoms with Gasteiger partial charge in [-0.15, -0.1) is 10.2 Å². The van der Waals surface area contributed by atoms with Crippen molar-refractivity contribution in [2.45, 2.75) is 70.5 Å². The summed E-state index contributed by atoms with van der Waals surface area (Å²) in [7, 11) is 0. The minimum atomic E-state index is 0.159. The van der Waals surface area contributed by atoms with Gasteiger partial charge in [-0.2, -0.15) is 0 Å². The molecular formula is C28H35N5OS. The molecule has 0 atom stereocenters. The number of hydrogen-bond donors (Lipinski definition) is 1. The molecule has 0 radical (unpaired) electrons. The normalized spacial score (nSPS) is 11.4. The van der Waals surface area contributed by atoms with Crippen LogP contribution in [0.2, 0.25) is 0 Å². The molecule has 35 heavy (non-hydrogen) atoms. The topological polar surface area (TPSA) is 72.7 Å². The molecule has 4 aromatic rings. The number of thioether (sulfide) groups is 1. The molecule has 6 nitrogen and oxygen atoms in total. The quantitative estimate of drug-likeness (QED) is 0.176. The SMILES string of the molecule is CCCCCCNC(=O)CCCCSc1nnc2c3ccccc3n(Cc3cccc(C)c3)c2n1. The minimum absolute atomic E-state index is 0.159. The lowest BCUT2D eigenvalue weighted by molar-refractivity contribution is -0.121. The Balaban J connectivity index is 1.36. The number of fused-ring (bicyclic) bond motifs is 3. The van der Waals surface area contributed by atoms with Gasteiger partial charge in [-0.1, -0.05) is 86.0 Å². The number of carbonyl (C=O) groups excluding carboxylic acids is 1. The number of unbranched alkanes of at least 4 members (excludes halogenated alkanes) is 4. The summed E-state index contributed by atoms with van der Waals surface area (Å²) < 4.78 is 2.24. The average molecular weight is 490 g/mol. The van der Waals surface area contributed by atoms with E-state index in [1.807, 2.05) is 6.07 Å². The molecule has 0 aliphatic rings. The van der Waals surface area contributed by atoms with Crippen LogP contribution in [0.25, 0.3) is 22.1 Å². The Morgan fingerprint density at radius 3 is 2.74 bits per heavy atom. The van der Waals surface area contributed by atoms with Gasteiger partial charge in [0.05, 0.1) is 5.52 Å². The zero-order valence-electron chi connectivity index (χ0n) is 20.8. The second kappa shape index (κ2) is 12.7. The number of hydrogen-bond acceptors (Lipinski definition) is 5. The van der Waals surface area contributed by atoms with Crippen LogP contribution in [0.5, 0.6) is 0 Å². The summed E-state index contributed by atoms with van der Waals surface area (Å²) >= 11 is 1.61. The highest BCUT2D eigenvalue weighted by Crippen LogP contribution is 2.28. The number of para-hydroxylation sites is 1. The molecule has 0 saturated heterocycles. The van der Waals surface area contributed by atoms with Crippen molar-refractivity contribution in [2.24, 2.45) is 0 Å². The van der Waals surface area contributed by atoms with Crippen molar-refractivity contribution in [3.8, 4) is 0 Å². The number of rotatable bonds is 13. The molecule has 0 unspecified atom stereocenters. The summed E-state index contributed by atoms with van der Waals surface area (Å²) in [6, 6.07) is 16.9. The van der Waals surface area contributed by atoms with E-state index in [0.29, 0.717) is 11.6 Å².